The van der Waals surface area contributed by atoms with Crippen LogP contribution in [0.25, 0.3) is 0 Å². The molecule has 0 amide bonds. The van der Waals surface area contributed by atoms with Crippen LogP contribution in [-0.2, 0) is 19.6 Å². The first-order valence-corrected chi connectivity index (χ1v) is 8.05. The topological polar surface area (TPSA) is 29.9 Å². The summed E-state index contributed by atoms with van der Waals surface area (Å²) < 4.78 is 2.10. The van der Waals surface area contributed by atoms with Gasteiger partial charge in [-0.2, -0.15) is 5.10 Å². The zero-order valence-corrected chi connectivity index (χ0v) is 13.8. The summed E-state index contributed by atoms with van der Waals surface area (Å²) in [6.07, 6.45) is 0. The van der Waals surface area contributed by atoms with Gasteiger partial charge in [-0.15, -0.1) is 0 Å². The molecule has 0 aliphatic heterocycles. The molecule has 3 heteroatoms. The Kier molecular flexibility index (Phi) is 4.89. The maximum atomic E-state index is 4.71. The van der Waals surface area contributed by atoms with E-state index in [1.807, 2.05) is 12.1 Å². The molecule has 0 aliphatic carbocycles. The van der Waals surface area contributed by atoms with Crippen LogP contribution < -0.4 is 5.32 Å². The summed E-state index contributed by atoms with van der Waals surface area (Å²) in [5, 5.41) is 8.23. The summed E-state index contributed by atoms with van der Waals surface area (Å²) in [7, 11) is 0. The van der Waals surface area contributed by atoms with Gasteiger partial charge in [-0.3, -0.25) is 4.68 Å². The van der Waals surface area contributed by atoms with Gasteiger partial charge in [-0.05, 0) is 25.0 Å². The molecule has 0 atom stereocenters. The molecule has 0 fully saturated rings. The summed E-state index contributed by atoms with van der Waals surface area (Å²) in [5.41, 5.74) is 6.24. The smallest absolute Gasteiger partial charge is 0.0662 e. The summed E-state index contributed by atoms with van der Waals surface area (Å²) in [6, 6.07) is 21.0. The third-order valence-corrected chi connectivity index (χ3v) is 4.18. The van der Waals surface area contributed by atoms with Crippen LogP contribution in [0.2, 0.25) is 0 Å². The second-order valence-electron chi connectivity index (χ2n) is 5.88. The quantitative estimate of drug-likeness (QED) is 0.750. The van der Waals surface area contributed by atoms with Crippen LogP contribution in [0, 0.1) is 13.8 Å². The second kappa shape index (κ2) is 7.25. The lowest BCUT2D eigenvalue weighted by molar-refractivity contribution is 0.653. The van der Waals surface area contributed by atoms with Crippen molar-refractivity contribution < 1.29 is 0 Å². The Labute approximate surface area is 138 Å². The van der Waals surface area contributed by atoms with Gasteiger partial charge in [0.25, 0.3) is 0 Å². The summed E-state index contributed by atoms with van der Waals surface area (Å²) in [6.45, 7) is 6.80. The van der Waals surface area contributed by atoms with Gasteiger partial charge in [0.15, 0.2) is 0 Å². The minimum Gasteiger partial charge on any atom is -0.308 e. The molecule has 3 aromatic rings. The third-order valence-electron chi connectivity index (χ3n) is 4.18. The van der Waals surface area contributed by atoms with Crippen molar-refractivity contribution in [3.05, 3.63) is 88.7 Å². The van der Waals surface area contributed by atoms with Crippen molar-refractivity contribution in [1.82, 2.24) is 15.1 Å². The van der Waals surface area contributed by atoms with Crippen molar-refractivity contribution in [2.45, 2.75) is 33.5 Å². The fourth-order valence-electron chi connectivity index (χ4n) is 2.83. The predicted molar refractivity (Wildman–Crippen MR) is 94.2 cm³/mol. The van der Waals surface area contributed by atoms with E-state index in [1.54, 1.807) is 0 Å². The highest BCUT2D eigenvalue weighted by atomic mass is 15.3. The van der Waals surface area contributed by atoms with E-state index >= 15 is 0 Å². The molecule has 1 N–H and O–H groups in total. The molecule has 23 heavy (non-hydrogen) atoms. The Hall–Kier alpha value is -2.39. The summed E-state index contributed by atoms with van der Waals surface area (Å²) >= 11 is 0. The van der Waals surface area contributed by atoms with Gasteiger partial charge in [-0.1, -0.05) is 60.7 Å². The van der Waals surface area contributed by atoms with Crippen LogP contribution in [-0.4, -0.2) is 9.78 Å². The van der Waals surface area contributed by atoms with E-state index in [-0.39, 0.29) is 0 Å². The van der Waals surface area contributed by atoms with Crippen LogP contribution in [0.4, 0.5) is 0 Å². The minimum absolute atomic E-state index is 0.826. The zero-order valence-electron chi connectivity index (χ0n) is 13.8. The molecule has 0 saturated carbocycles. The van der Waals surface area contributed by atoms with Crippen LogP contribution in [0.15, 0.2) is 60.7 Å². The maximum absolute atomic E-state index is 4.71. The first-order valence-electron chi connectivity index (χ1n) is 8.05. The first-order chi connectivity index (χ1) is 11.2. The van der Waals surface area contributed by atoms with E-state index in [0.717, 1.165) is 25.3 Å². The van der Waals surface area contributed by atoms with Crippen molar-refractivity contribution in [1.29, 1.82) is 0 Å². The van der Waals surface area contributed by atoms with Gasteiger partial charge in [0.2, 0.25) is 0 Å². The van der Waals surface area contributed by atoms with Crippen LogP contribution in [0.1, 0.15) is 28.1 Å². The Morgan fingerprint density at radius 3 is 2.09 bits per heavy atom. The van der Waals surface area contributed by atoms with E-state index < -0.39 is 0 Å². The molecule has 2 aromatic carbocycles. The largest absolute Gasteiger partial charge is 0.308 e. The Balaban J connectivity index is 1.66. The van der Waals surface area contributed by atoms with E-state index in [2.05, 4.69) is 72.4 Å². The molecule has 0 spiro atoms. The molecule has 3 rings (SSSR count). The number of nitrogens with zero attached hydrogens (tertiary/aromatic N) is 2. The van der Waals surface area contributed by atoms with Crippen molar-refractivity contribution >= 4 is 0 Å². The fraction of sp³-hybridized carbons (Fsp3) is 0.250. The predicted octanol–water partition coefficient (Wildman–Crippen LogP) is 3.84. The third kappa shape index (κ3) is 3.88. The Bertz CT molecular complexity index is 745. The van der Waals surface area contributed by atoms with Gasteiger partial charge in [-0.25, -0.2) is 0 Å². The average Bonchev–Trinajstić information content (AvgIpc) is 2.84. The summed E-state index contributed by atoms with van der Waals surface area (Å²) in [5.74, 6) is 0. The van der Waals surface area contributed by atoms with Crippen molar-refractivity contribution in [3.8, 4) is 0 Å². The highest BCUT2D eigenvalue weighted by molar-refractivity contribution is 5.26. The molecule has 0 saturated heterocycles. The molecule has 0 radical (unpaired) electrons. The van der Waals surface area contributed by atoms with Gasteiger partial charge in [0.05, 0.1) is 12.2 Å². The monoisotopic (exact) mass is 305 g/mol. The van der Waals surface area contributed by atoms with E-state index in [1.165, 1.54) is 22.4 Å². The molecular weight excluding hydrogens is 282 g/mol. The molecule has 0 aliphatic rings. The molecule has 0 bridgehead atoms. The maximum Gasteiger partial charge on any atom is 0.0662 e. The van der Waals surface area contributed by atoms with Crippen molar-refractivity contribution in [2.24, 2.45) is 0 Å². The molecular formula is C20H23N3. The standard InChI is InChI=1S/C20H23N3/c1-16-20(14-21-13-18-9-5-3-6-10-18)17(2)23(22-16)15-19-11-7-4-8-12-19/h3-12,21H,13-15H2,1-2H3. The van der Waals surface area contributed by atoms with Gasteiger partial charge in [0.1, 0.15) is 0 Å². The lowest BCUT2D eigenvalue weighted by atomic mass is 10.1. The van der Waals surface area contributed by atoms with Gasteiger partial charge < -0.3 is 5.32 Å². The minimum atomic E-state index is 0.826. The Morgan fingerprint density at radius 2 is 1.43 bits per heavy atom. The number of aromatic nitrogens is 2. The molecule has 1 aromatic heterocycles. The highest BCUT2D eigenvalue weighted by Gasteiger charge is 2.11. The normalized spacial score (nSPS) is 10.9. The molecule has 1 heterocycles. The lowest BCUT2D eigenvalue weighted by Crippen LogP contribution is -2.14. The van der Waals surface area contributed by atoms with Crippen LogP contribution in [0.3, 0.4) is 0 Å². The van der Waals surface area contributed by atoms with E-state index in [4.69, 9.17) is 5.10 Å². The lowest BCUT2D eigenvalue weighted by Gasteiger charge is -2.07. The number of hydrogen-bond donors (Lipinski definition) is 1. The Morgan fingerprint density at radius 1 is 0.826 bits per heavy atom. The molecule has 118 valence electrons. The van der Waals surface area contributed by atoms with Crippen molar-refractivity contribution in [3.63, 3.8) is 0 Å². The van der Waals surface area contributed by atoms with E-state index in [0.29, 0.717) is 0 Å². The molecule has 0 unspecified atom stereocenters. The van der Waals surface area contributed by atoms with E-state index in [9.17, 15) is 0 Å². The van der Waals surface area contributed by atoms with Gasteiger partial charge >= 0.3 is 0 Å². The zero-order chi connectivity index (χ0) is 16.1. The van der Waals surface area contributed by atoms with Crippen LogP contribution >= 0.6 is 0 Å². The number of aryl methyl sites for hydroxylation is 1. The molecule has 3 nitrogen and oxygen atoms in total. The van der Waals surface area contributed by atoms with Gasteiger partial charge in [0, 0.05) is 24.3 Å². The highest BCUT2D eigenvalue weighted by Crippen LogP contribution is 2.15. The number of nitrogens with one attached hydrogen (secondary N) is 1. The number of rotatable bonds is 6. The number of benzene rings is 2. The fourth-order valence-corrected chi connectivity index (χ4v) is 2.83. The van der Waals surface area contributed by atoms with Crippen LogP contribution in [0.5, 0.6) is 0 Å². The second-order valence-corrected chi connectivity index (χ2v) is 5.88. The van der Waals surface area contributed by atoms with Crippen molar-refractivity contribution in [2.75, 3.05) is 0 Å². The number of hydrogen-bond acceptors (Lipinski definition) is 2. The average molecular weight is 305 g/mol. The SMILES string of the molecule is Cc1nn(Cc2ccccc2)c(C)c1CNCc1ccccc1. The first kappa shape index (κ1) is 15.5. The summed E-state index contributed by atoms with van der Waals surface area (Å²) in [4.78, 5) is 0.